The maximum atomic E-state index is 12.5. The molecule has 0 saturated heterocycles. The van der Waals surface area contributed by atoms with Crippen LogP contribution in [-0.4, -0.2) is 39.8 Å². The van der Waals surface area contributed by atoms with Gasteiger partial charge in [-0.25, -0.2) is 4.98 Å². The second-order valence-corrected chi connectivity index (χ2v) is 7.83. The fourth-order valence-corrected chi connectivity index (χ4v) is 2.78. The summed E-state index contributed by atoms with van der Waals surface area (Å²) >= 11 is 5.87. The zero-order valence-electron chi connectivity index (χ0n) is 17.6. The van der Waals surface area contributed by atoms with Crippen LogP contribution >= 0.6 is 11.6 Å². The number of hydrogen-bond acceptors (Lipinski definition) is 7. The molecule has 0 unspecified atom stereocenters. The minimum Gasteiger partial charge on any atom is -0.478 e. The molecule has 0 atom stereocenters. The summed E-state index contributed by atoms with van der Waals surface area (Å²) in [4.78, 5) is 16.7. The third kappa shape index (κ3) is 6.82. The first kappa shape index (κ1) is 22.3. The monoisotopic (exact) mass is 440 g/mol. The Hall–Kier alpha value is -3.39. The van der Waals surface area contributed by atoms with E-state index in [4.69, 9.17) is 16.3 Å². The molecule has 9 heteroatoms. The molecular formula is C22H25ClN6O2. The van der Waals surface area contributed by atoms with Gasteiger partial charge in [0.15, 0.2) is 11.4 Å². The Bertz CT molecular complexity index is 1010. The summed E-state index contributed by atoms with van der Waals surface area (Å²) in [6.07, 6.45) is 1.73. The third-order valence-corrected chi connectivity index (χ3v) is 4.54. The predicted molar refractivity (Wildman–Crippen MR) is 122 cm³/mol. The highest BCUT2D eigenvalue weighted by Gasteiger charge is 2.29. The maximum absolute atomic E-state index is 12.5. The van der Waals surface area contributed by atoms with Crippen LogP contribution in [-0.2, 0) is 4.79 Å². The summed E-state index contributed by atoms with van der Waals surface area (Å²) in [5.74, 6) is 2.26. The lowest BCUT2D eigenvalue weighted by Gasteiger charge is -2.25. The lowest BCUT2D eigenvalue weighted by atomic mass is 10.1. The maximum Gasteiger partial charge on any atom is 0.263 e. The van der Waals surface area contributed by atoms with E-state index in [0.717, 1.165) is 5.56 Å². The molecule has 3 N–H and O–H groups in total. The van der Waals surface area contributed by atoms with Crippen molar-refractivity contribution in [2.75, 3.05) is 23.7 Å². The van der Waals surface area contributed by atoms with Gasteiger partial charge in [0.25, 0.3) is 5.91 Å². The van der Waals surface area contributed by atoms with E-state index in [0.29, 0.717) is 41.3 Å². The van der Waals surface area contributed by atoms with Crippen molar-refractivity contribution in [3.8, 4) is 5.75 Å². The molecule has 0 aliphatic heterocycles. The number of nitrogens with one attached hydrogen (secondary N) is 3. The van der Waals surface area contributed by atoms with Gasteiger partial charge in [-0.2, -0.15) is 0 Å². The minimum absolute atomic E-state index is 0.222. The van der Waals surface area contributed by atoms with Gasteiger partial charge in [0, 0.05) is 24.3 Å². The van der Waals surface area contributed by atoms with E-state index in [2.05, 4.69) is 31.1 Å². The predicted octanol–water partition coefficient (Wildman–Crippen LogP) is 3.96. The van der Waals surface area contributed by atoms with Crippen molar-refractivity contribution in [2.24, 2.45) is 0 Å². The molecule has 2 heterocycles. The van der Waals surface area contributed by atoms with Crippen molar-refractivity contribution in [1.29, 1.82) is 0 Å². The smallest absolute Gasteiger partial charge is 0.263 e. The Morgan fingerprint density at radius 1 is 1.00 bits per heavy atom. The number of carbonyl (C=O) groups excluding carboxylic acids is 1. The quantitative estimate of drug-likeness (QED) is 0.433. The fourth-order valence-electron chi connectivity index (χ4n) is 2.65. The Kier molecular flexibility index (Phi) is 7.25. The Balaban J connectivity index is 1.42. The van der Waals surface area contributed by atoms with Crippen LogP contribution < -0.4 is 20.7 Å². The largest absolute Gasteiger partial charge is 0.478 e. The average molecular weight is 441 g/mol. The summed E-state index contributed by atoms with van der Waals surface area (Å²) in [5.41, 5.74) is 0.0812. The summed E-state index contributed by atoms with van der Waals surface area (Å²) < 4.78 is 5.78. The number of anilines is 3. The number of rotatable bonds is 9. The molecule has 0 aliphatic rings. The van der Waals surface area contributed by atoms with Crippen molar-refractivity contribution in [3.05, 3.63) is 65.3 Å². The van der Waals surface area contributed by atoms with E-state index >= 15 is 0 Å². The number of ether oxygens (including phenoxy) is 1. The number of benzene rings is 1. The minimum atomic E-state index is -1.02. The SMILES string of the molecule is Cc1ccnc(Nc2ccc(NCCNC(=O)C(C)(C)Oc3ccc(Cl)cc3)nn2)c1. The van der Waals surface area contributed by atoms with Gasteiger partial charge < -0.3 is 20.7 Å². The van der Waals surface area contributed by atoms with Crippen LogP contribution in [0, 0.1) is 6.92 Å². The van der Waals surface area contributed by atoms with Crippen molar-refractivity contribution in [2.45, 2.75) is 26.4 Å². The molecule has 3 aromatic rings. The Morgan fingerprint density at radius 3 is 2.39 bits per heavy atom. The van der Waals surface area contributed by atoms with Crippen LogP contribution in [0.4, 0.5) is 17.5 Å². The first-order valence-electron chi connectivity index (χ1n) is 9.82. The van der Waals surface area contributed by atoms with E-state index in [1.807, 2.05) is 19.1 Å². The molecule has 0 spiro atoms. The molecule has 0 aliphatic carbocycles. The van der Waals surface area contributed by atoms with Gasteiger partial charge in [0.2, 0.25) is 0 Å². The number of carbonyl (C=O) groups is 1. The van der Waals surface area contributed by atoms with Crippen molar-refractivity contribution < 1.29 is 9.53 Å². The average Bonchev–Trinajstić information content (AvgIpc) is 2.74. The van der Waals surface area contributed by atoms with Gasteiger partial charge in [-0.3, -0.25) is 4.79 Å². The molecule has 31 heavy (non-hydrogen) atoms. The molecule has 0 fully saturated rings. The van der Waals surface area contributed by atoms with Gasteiger partial charge in [0.05, 0.1) is 0 Å². The van der Waals surface area contributed by atoms with Crippen molar-refractivity contribution in [3.63, 3.8) is 0 Å². The van der Waals surface area contributed by atoms with Crippen LogP contribution in [0.3, 0.4) is 0 Å². The molecule has 2 aromatic heterocycles. The first-order chi connectivity index (χ1) is 14.8. The van der Waals surface area contributed by atoms with E-state index in [9.17, 15) is 4.79 Å². The van der Waals surface area contributed by atoms with E-state index in [1.54, 1.807) is 56.4 Å². The van der Waals surface area contributed by atoms with E-state index in [-0.39, 0.29) is 5.91 Å². The van der Waals surface area contributed by atoms with Gasteiger partial charge in [-0.05, 0) is 74.9 Å². The van der Waals surface area contributed by atoms with Crippen LogP contribution in [0.25, 0.3) is 0 Å². The summed E-state index contributed by atoms with van der Waals surface area (Å²) in [7, 11) is 0. The molecule has 0 bridgehead atoms. The highest BCUT2D eigenvalue weighted by atomic mass is 35.5. The molecule has 0 saturated carbocycles. The molecule has 162 valence electrons. The van der Waals surface area contributed by atoms with Gasteiger partial charge >= 0.3 is 0 Å². The van der Waals surface area contributed by atoms with Crippen LogP contribution in [0.15, 0.2) is 54.7 Å². The Labute approximate surface area is 186 Å². The topological polar surface area (TPSA) is 101 Å². The van der Waals surface area contributed by atoms with Crippen LogP contribution in [0.1, 0.15) is 19.4 Å². The second-order valence-electron chi connectivity index (χ2n) is 7.40. The fraction of sp³-hybridized carbons (Fsp3) is 0.273. The van der Waals surface area contributed by atoms with Gasteiger partial charge in [-0.15, -0.1) is 10.2 Å². The standard InChI is InChI=1S/C22H25ClN6O2/c1-15-10-11-24-20(14-15)27-19-9-8-18(28-29-19)25-12-13-26-21(30)22(2,3)31-17-6-4-16(23)5-7-17/h4-11,14H,12-13H2,1-3H3,(H,25,28)(H,26,30)(H,24,27,29). The highest BCUT2D eigenvalue weighted by molar-refractivity contribution is 6.30. The molecule has 1 amide bonds. The molecule has 8 nitrogen and oxygen atoms in total. The lowest BCUT2D eigenvalue weighted by molar-refractivity contribution is -0.134. The normalized spacial score (nSPS) is 11.0. The molecule has 1 aromatic carbocycles. The van der Waals surface area contributed by atoms with E-state index in [1.165, 1.54) is 0 Å². The summed E-state index contributed by atoms with van der Waals surface area (Å²) in [6, 6.07) is 14.3. The first-order valence-corrected chi connectivity index (χ1v) is 10.2. The van der Waals surface area contributed by atoms with Crippen LogP contribution in [0.5, 0.6) is 5.75 Å². The lowest BCUT2D eigenvalue weighted by Crippen LogP contribution is -2.47. The zero-order chi connectivity index (χ0) is 22.3. The molecule has 0 radical (unpaired) electrons. The molecule has 3 rings (SSSR count). The number of nitrogens with zero attached hydrogens (tertiary/aromatic N) is 3. The number of amides is 1. The zero-order valence-corrected chi connectivity index (χ0v) is 18.4. The third-order valence-electron chi connectivity index (χ3n) is 4.29. The van der Waals surface area contributed by atoms with Crippen molar-refractivity contribution in [1.82, 2.24) is 20.5 Å². The van der Waals surface area contributed by atoms with Gasteiger partial charge in [0.1, 0.15) is 17.4 Å². The van der Waals surface area contributed by atoms with Crippen LogP contribution in [0.2, 0.25) is 5.02 Å². The van der Waals surface area contributed by atoms with Gasteiger partial charge in [-0.1, -0.05) is 11.6 Å². The molecular weight excluding hydrogens is 416 g/mol. The highest BCUT2D eigenvalue weighted by Crippen LogP contribution is 2.21. The number of halogens is 1. The Morgan fingerprint density at radius 2 is 1.71 bits per heavy atom. The van der Waals surface area contributed by atoms with E-state index < -0.39 is 5.60 Å². The summed E-state index contributed by atoms with van der Waals surface area (Å²) in [6.45, 7) is 6.31. The number of aromatic nitrogens is 3. The van der Waals surface area contributed by atoms with Crippen molar-refractivity contribution >= 4 is 35.0 Å². The number of aryl methyl sites for hydroxylation is 1. The number of hydrogen-bond donors (Lipinski definition) is 3. The second kappa shape index (κ2) is 10.1. The number of pyridine rings is 1. The summed E-state index contributed by atoms with van der Waals surface area (Å²) in [5, 5.41) is 17.9.